The van der Waals surface area contributed by atoms with Gasteiger partial charge in [0.15, 0.2) is 6.61 Å². The van der Waals surface area contributed by atoms with Crippen molar-refractivity contribution in [1.29, 1.82) is 0 Å². The average Bonchev–Trinajstić information content (AvgIpc) is 3.02. The Bertz CT molecular complexity index is 802. The Balaban J connectivity index is 1.69. The Morgan fingerprint density at radius 3 is 2.74 bits per heavy atom. The van der Waals surface area contributed by atoms with E-state index < -0.39 is 0 Å². The molecule has 0 spiro atoms. The van der Waals surface area contributed by atoms with Crippen molar-refractivity contribution < 1.29 is 9.26 Å². The van der Waals surface area contributed by atoms with E-state index in [2.05, 4.69) is 10.1 Å². The van der Waals surface area contributed by atoms with E-state index in [9.17, 15) is 0 Å². The summed E-state index contributed by atoms with van der Waals surface area (Å²) in [5.41, 5.74) is 1.85. The molecule has 3 aromatic rings. The summed E-state index contributed by atoms with van der Waals surface area (Å²) in [5.74, 6) is 1.66. The number of ether oxygens (including phenoxy) is 1. The fourth-order valence-corrected chi connectivity index (χ4v) is 2.24. The standard InChI is InChI=1S/C17H16ClN3O2/c1-21(2)14-7-4-8-15(10-14)22-11-16-19-17(23-20-16)12-5-3-6-13(18)9-12/h3-10H,11H2,1-2H3. The van der Waals surface area contributed by atoms with E-state index in [1.807, 2.05) is 55.4 Å². The Kier molecular flexibility index (Phi) is 4.48. The van der Waals surface area contributed by atoms with E-state index in [0.29, 0.717) is 16.7 Å². The van der Waals surface area contributed by atoms with Crippen molar-refractivity contribution in [1.82, 2.24) is 10.1 Å². The minimum Gasteiger partial charge on any atom is -0.485 e. The van der Waals surface area contributed by atoms with Gasteiger partial charge in [-0.05, 0) is 30.3 Å². The summed E-state index contributed by atoms with van der Waals surface area (Å²) in [6.07, 6.45) is 0. The van der Waals surface area contributed by atoms with Crippen LogP contribution in [0.25, 0.3) is 11.5 Å². The molecule has 23 heavy (non-hydrogen) atoms. The lowest BCUT2D eigenvalue weighted by Crippen LogP contribution is -2.08. The molecule has 0 radical (unpaired) electrons. The number of nitrogens with zero attached hydrogens (tertiary/aromatic N) is 3. The predicted molar refractivity (Wildman–Crippen MR) is 89.8 cm³/mol. The van der Waals surface area contributed by atoms with Gasteiger partial charge in [0.05, 0.1) is 0 Å². The number of hydrogen-bond acceptors (Lipinski definition) is 5. The molecule has 0 bridgehead atoms. The number of halogens is 1. The Hall–Kier alpha value is -2.53. The molecule has 0 saturated heterocycles. The minimum atomic E-state index is 0.237. The first kappa shape index (κ1) is 15.4. The van der Waals surface area contributed by atoms with E-state index in [1.165, 1.54) is 0 Å². The van der Waals surface area contributed by atoms with E-state index >= 15 is 0 Å². The van der Waals surface area contributed by atoms with Gasteiger partial charge in [0.2, 0.25) is 5.82 Å². The van der Waals surface area contributed by atoms with E-state index in [4.69, 9.17) is 20.9 Å². The maximum atomic E-state index is 5.96. The summed E-state index contributed by atoms with van der Waals surface area (Å²) in [5, 5.41) is 4.55. The molecule has 0 fully saturated rings. The summed E-state index contributed by atoms with van der Waals surface area (Å²) < 4.78 is 11.0. The summed E-state index contributed by atoms with van der Waals surface area (Å²) in [4.78, 5) is 6.33. The largest absolute Gasteiger partial charge is 0.485 e. The van der Waals surface area contributed by atoms with E-state index in [1.54, 1.807) is 12.1 Å². The summed E-state index contributed by atoms with van der Waals surface area (Å²) in [6, 6.07) is 15.1. The third-order valence-electron chi connectivity index (χ3n) is 3.24. The van der Waals surface area contributed by atoms with Gasteiger partial charge in [-0.2, -0.15) is 4.98 Å². The number of aromatic nitrogens is 2. The molecule has 1 heterocycles. The van der Waals surface area contributed by atoms with Crippen molar-refractivity contribution in [3.8, 4) is 17.2 Å². The fraction of sp³-hybridized carbons (Fsp3) is 0.176. The van der Waals surface area contributed by atoms with Gasteiger partial charge in [-0.3, -0.25) is 0 Å². The maximum Gasteiger partial charge on any atom is 0.258 e. The van der Waals surface area contributed by atoms with Crippen LogP contribution in [0.1, 0.15) is 5.82 Å². The zero-order chi connectivity index (χ0) is 16.2. The lowest BCUT2D eigenvalue weighted by atomic mass is 10.2. The first-order valence-electron chi connectivity index (χ1n) is 7.10. The molecule has 0 aliphatic carbocycles. The molecule has 0 atom stereocenters. The van der Waals surface area contributed by atoms with Gasteiger partial charge in [0.1, 0.15) is 5.75 Å². The number of anilines is 1. The van der Waals surface area contributed by atoms with Gasteiger partial charge in [-0.25, -0.2) is 0 Å². The van der Waals surface area contributed by atoms with Gasteiger partial charge < -0.3 is 14.2 Å². The number of benzene rings is 2. The molecule has 1 aromatic heterocycles. The van der Waals surface area contributed by atoms with Crippen LogP contribution in [0.3, 0.4) is 0 Å². The second-order valence-electron chi connectivity index (χ2n) is 5.21. The first-order chi connectivity index (χ1) is 11.1. The Labute approximate surface area is 139 Å². The molecule has 118 valence electrons. The fourth-order valence-electron chi connectivity index (χ4n) is 2.05. The van der Waals surface area contributed by atoms with Crippen molar-refractivity contribution in [3.05, 3.63) is 59.4 Å². The van der Waals surface area contributed by atoms with Crippen LogP contribution in [0, 0.1) is 0 Å². The zero-order valence-corrected chi connectivity index (χ0v) is 13.6. The van der Waals surface area contributed by atoms with Gasteiger partial charge in [-0.1, -0.05) is 28.9 Å². The smallest absolute Gasteiger partial charge is 0.258 e. The van der Waals surface area contributed by atoms with Crippen LogP contribution in [-0.4, -0.2) is 24.2 Å². The lowest BCUT2D eigenvalue weighted by molar-refractivity contribution is 0.287. The highest BCUT2D eigenvalue weighted by Crippen LogP contribution is 2.22. The summed E-state index contributed by atoms with van der Waals surface area (Å²) in [6.45, 7) is 0.237. The van der Waals surface area contributed by atoms with Gasteiger partial charge >= 0.3 is 0 Å². The first-order valence-corrected chi connectivity index (χ1v) is 7.48. The van der Waals surface area contributed by atoms with E-state index in [0.717, 1.165) is 17.0 Å². The zero-order valence-electron chi connectivity index (χ0n) is 12.9. The Morgan fingerprint density at radius 1 is 1.13 bits per heavy atom. The molecular weight excluding hydrogens is 314 g/mol. The quantitative estimate of drug-likeness (QED) is 0.707. The van der Waals surface area contributed by atoms with Crippen LogP contribution in [-0.2, 0) is 6.61 Å². The van der Waals surface area contributed by atoms with Crippen LogP contribution in [0.2, 0.25) is 5.02 Å². The topological polar surface area (TPSA) is 51.4 Å². The molecule has 0 amide bonds. The van der Waals surface area contributed by atoms with Crippen LogP contribution >= 0.6 is 11.6 Å². The number of rotatable bonds is 5. The molecule has 0 N–H and O–H groups in total. The monoisotopic (exact) mass is 329 g/mol. The normalized spacial score (nSPS) is 10.6. The van der Waals surface area contributed by atoms with Gasteiger partial charge in [0, 0.05) is 36.4 Å². The predicted octanol–water partition coefficient (Wildman–Crippen LogP) is 4.04. The second kappa shape index (κ2) is 6.71. The van der Waals surface area contributed by atoms with E-state index in [-0.39, 0.29) is 6.61 Å². The second-order valence-corrected chi connectivity index (χ2v) is 5.64. The van der Waals surface area contributed by atoms with Crippen LogP contribution in [0.4, 0.5) is 5.69 Å². The van der Waals surface area contributed by atoms with Crippen molar-refractivity contribution >= 4 is 17.3 Å². The van der Waals surface area contributed by atoms with Crippen molar-refractivity contribution in [3.63, 3.8) is 0 Å². The van der Waals surface area contributed by atoms with Crippen LogP contribution in [0.15, 0.2) is 53.1 Å². The minimum absolute atomic E-state index is 0.237. The van der Waals surface area contributed by atoms with Crippen molar-refractivity contribution in [2.45, 2.75) is 6.61 Å². The van der Waals surface area contributed by atoms with Crippen molar-refractivity contribution in [2.24, 2.45) is 0 Å². The highest BCUT2D eigenvalue weighted by atomic mass is 35.5. The van der Waals surface area contributed by atoms with Gasteiger partial charge in [-0.15, -0.1) is 0 Å². The third kappa shape index (κ3) is 3.81. The highest BCUT2D eigenvalue weighted by Gasteiger charge is 2.10. The molecule has 6 heteroatoms. The summed E-state index contributed by atoms with van der Waals surface area (Å²) >= 11 is 5.96. The number of hydrogen-bond donors (Lipinski definition) is 0. The molecule has 0 aliphatic rings. The third-order valence-corrected chi connectivity index (χ3v) is 3.48. The molecule has 3 rings (SSSR count). The molecule has 0 aliphatic heterocycles. The highest BCUT2D eigenvalue weighted by molar-refractivity contribution is 6.30. The molecule has 2 aromatic carbocycles. The Morgan fingerprint density at radius 2 is 1.96 bits per heavy atom. The van der Waals surface area contributed by atoms with Crippen molar-refractivity contribution in [2.75, 3.05) is 19.0 Å². The average molecular weight is 330 g/mol. The van der Waals surface area contributed by atoms with Crippen LogP contribution < -0.4 is 9.64 Å². The SMILES string of the molecule is CN(C)c1cccc(OCc2noc(-c3cccc(Cl)c3)n2)c1. The summed E-state index contributed by atoms with van der Waals surface area (Å²) in [7, 11) is 3.96. The molecule has 5 nitrogen and oxygen atoms in total. The lowest BCUT2D eigenvalue weighted by Gasteiger charge is -2.13. The molecule has 0 unspecified atom stereocenters. The molecular formula is C17H16ClN3O2. The van der Waals surface area contributed by atoms with Gasteiger partial charge in [0.25, 0.3) is 5.89 Å². The molecule has 0 saturated carbocycles. The maximum absolute atomic E-state index is 5.96. The van der Waals surface area contributed by atoms with Crippen LogP contribution in [0.5, 0.6) is 5.75 Å².